The van der Waals surface area contributed by atoms with Gasteiger partial charge in [-0.3, -0.25) is 0 Å². The van der Waals surface area contributed by atoms with Crippen molar-refractivity contribution in [1.82, 2.24) is 9.97 Å². The average Bonchev–Trinajstić information content (AvgIpc) is 2.45. The maximum atomic E-state index is 5.79. The van der Waals surface area contributed by atoms with Crippen LogP contribution in [0.2, 0.25) is 0 Å². The van der Waals surface area contributed by atoms with Gasteiger partial charge in [-0.1, -0.05) is 0 Å². The summed E-state index contributed by atoms with van der Waals surface area (Å²) in [5.74, 6) is 2.54. The minimum atomic E-state index is 0.446. The lowest BCUT2D eigenvalue weighted by Crippen LogP contribution is -2.02. The van der Waals surface area contributed by atoms with E-state index in [1.54, 1.807) is 7.11 Å². The van der Waals surface area contributed by atoms with Crippen molar-refractivity contribution in [2.45, 2.75) is 6.92 Å². The normalized spacial score (nSPS) is 10.2. The molecule has 0 amide bonds. The first kappa shape index (κ1) is 15.1. The van der Waals surface area contributed by atoms with E-state index in [2.05, 4.69) is 47.1 Å². The van der Waals surface area contributed by atoms with Crippen LogP contribution in [-0.2, 0) is 0 Å². The molecule has 106 valence electrons. The summed E-state index contributed by atoms with van der Waals surface area (Å²) in [5, 5.41) is 3.13. The largest absolute Gasteiger partial charge is 0.497 e. The van der Waals surface area contributed by atoms with Crippen LogP contribution in [-0.4, -0.2) is 23.6 Å². The van der Waals surface area contributed by atoms with E-state index in [0.717, 1.165) is 16.8 Å². The second-order valence-corrected chi connectivity index (χ2v) is 5.42. The maximum Gasteiger partial charge on any atom is 0.238 e. The molecule has 0 aliphatic rings. The van der Waals surface area contributed by atoms with E-state index in [1.165, 1.54) is 6.33 Å². The lowest BCUT2D eigenvalue weighted by molar-refractivity contribution is 0.411. The summed E-state index contributed by atoms with van der Waals surface area (Å²) in [4.78, 5) is 8.27. The predicted molar refractivity (Wildman–Crippen MR) is 84.7 cm³/mol. The van der Waals surface area contributed by atoms with Crippen molar-refractivity contribution in [3.8, 4) is 17.4 Å². The summed E-state index contributed by atoms with van der Waals surface area (Å²) in [5.41, 5.74) is 0. The molecule has 1 heterocycles. The molecular weight excluding hydrogens is 390 g/mol. The summed E-state index contributed by atoms with van der Waals surface area (Å²) in [6, 6.07) is 5.46. The molecule has 1 aromatic heterocycles. The molecule has 5 nitrogen and oxygen atoms in total. The number of hydrogen-bond acceptors (Lipinski definition) is 5. The summed E-state index contributed by atoms with van der Waals surface area (Å²) in [6.45, 7) is 2.76. The molecule has 2 rings (SSSR count). The van der Waals surface area contributed by atoms with E-state index in [9.17, 15) is 0 Å². The molecule has 0 aliphatic heterocycles. The van der Waals surface area contributed by atoms with Gasteiger partial charge in [0.15, 0.2) is 0 Å². The number of ether oxygens (including phenoxy) is 2. The van der Waals surface area contributed by atoms with E-state index in [-0.39, 0.29) is 0 Å². The Labute approximate surface area is 134 Å². The Bertz CT molecular complexity index is 608. The molecule has 0 atom stereocenters. The van der Waals surface area contributed by atoms with Crippen LogP contribution in [0.4, 0.5) is 5.82 Å². The van der Waals surface area contributed by atoms with Crippen molar-refractivity contribution < 1.29 is 9.47 Å². The Morgan fingerprint density at radius 1 is 1.25 bits per heavy atom. The molecule has 1 N–H and O–H groups in total. The van der Waals surface area contributed by atoms with Gasteiger partial charge in [0, 0.05) is 6.54 Å². The van der Waals surface area contributed by atoms with Crippen LogP contribution >= 0.6 is 31.9 Å². The van der Waals surface area contributed by atoms with Gasteiger partial charge in [0.1, 0.15) is 28.1 Å². The number of anilines is 1. The van der Waals surface area contributed by atoms with Gasteiger partial charge < -0.3 is 14.8 Å². The van der Waals surface area contributed by atoms with Gasteiger partial charge in [-0.2, -0.15) is 0 Å². The van der Waals surface area contributed by atoms with Gasteiger partial charge in [-0.05, 0) is 57.0 Å². The Morgan fingerprint density at radius 2 is 2.05 bits per heavy atom. The van der Waals surface area contributed by atoms with Crippen LogP contribution in [0.1, 0.15) is 6.92 Å². The molecule has 1 aromatic carbocycles. The van der Waals surface area contributed by atoms with Gasteiger partial charge in [-0.25, -0.2) is 9.97 Å². The van der Waals surface area contributed by atoms with Crippen LogP contribution in [0.15, 0.2) is 33.5 Å². The number of benzene rings is 1. The van der Waals surface area contributed by atoms with E-state index in [4.69, 9.17) is 9.47 Å². The molecular formula is C13H13Br2N3O2. The lowest BCUT2D eigenvalue weighted by atomic mass is 10.3. The number of halogens is 2. The molecule has 0 aliphatic carbocycles. The highest BCUT2D eigenvalue weighted by atomic mass is 79.9. The van der Waals surface area contributed by atoms with Crippen molar-refractivity contribution in [1.29, 1.82) is 0 Å². The van der Waals surface area contributed by atoms with Crippen molar-refractivity contribution in [2.75, 3.05) is 19.0 Å². The maximum absolute atomic E-state index is 5.79. The van der Waals surface area contributed by atoms with Crippen molar-refractivity contribution in [3.05, 3.63) is 33.5 Å². The third-order valence-electron chi connectivity index (χ3n) is 2.45. The molecule has 20 heavy (non-hydrogen) atoms. The molecule has 0 unspecified atom stereocenters. The SMILES string of the molecule is CCNc1ncnc(Oc2ccc(OC)cc2Br)c1Br. The highest BCUT2D eigenvalue weighted by molar-refractivity contribution is 9.11. The van der Waals surface area contributed by atoms with Gasteiger partial charge >= 0.3 is 0 Å². The van der Waals surface area contributed by atoms with Crippen molar-refractivity contribution >= 4 is 37.7 Å². The zero-order chi connectivity index (χ0) is 14.5. The van der Waals surface area contributed by atoms with Gasteiger partial charge in [0.25, 0.3) is 0 Å². The first-order valence-corrected chi connectivity index (χ1v) is 7.50. The second kappa shape index (κ2) is 6.90. The molecule has 0 bridgehead atoms. The van der Waals surface area contributed by atoms with Gasteiger partial charge in [0.2, 0.25) is 5.88 Å². The van der Waals surface area contributed by atoms with Crippen LogP contribution in [0.5, 0.6) is 17.4 Å². The lowest BCUT2D eigenvalue weighted by Gasteiger charge is -2.11. The number of rotatable bonds is 5. The summed E-state index contributed by atoms with van der Waals surface area (Å²) in [6.07, 6.45) is 1.45. The number of methoxy groups -OCH3 is 1. The molecule has 0 spiro atoms. The Hall–Kier alpha value is -1.34. The fourth-order valence-corrected chi connectivity index (χ4v) is 2.38. The minimum Gasteiger partial charge on any atom is -0.497 e. The Kier molecular flexibility index (Phi) is 5.19. The minimum absolute atomic E-state index is 0.446. The van der Waals surface area contributed by atoms with Crippen LogP contribution < -0.4 is 14.8 Å². The number of aromatic nitrogens is 2. The standard InChI is InChI=1S/C13H13Br2N3O2/c1-3-16-12-11(15)13(18-7-17-12)20-10-5-4-8(19-2)6-9(10)14/h4-7H,3H2,1-2H3,(H,16,17,18). The fourth-order valence-electron chi connectivity index (χ4n) is 1.51. The number of nitrogens with one attached hydrogen (secondary N) is 1. The van der Waals surface area contributed by atoms with Crippen LogP contribution in [0.25, 0.3) is 0 Å². The molecule has 2 aromatic rings. The van der Waals surface area contributed by atoms with Crippen molar-refractivity contribution in [2.24, 2.45) is 0 Å². The average molecular weight is 403 g/mol. The van der Waals surface area contributed by atoms with Crippen molar-refractivity contribution in [3.63, 3.8) is 0 Å². The second-order valence-electron chi connectivity index (χ2n) is 3.77. The number of hydrogen-bond donors (Lipinski definition) is 1. The molecule has 0 radical (unpaired) electrons. The molecule has 0 saturated heterocycles. The first-order valence-electron chi connectivity index (χ1n) is 5.91. The molecule has 0 fully saturated rings. The first-order chi connectivity index (χ1) is 9.65. The Balaban J connectivity index is 2.28. The zero-order valence-corrected chi connectivity index (χ0v) is 14.2. The highest BCUT2D eigenvalue weighted by Crippen LogP contribution is 2.36. The summed E-state index contributed by atoms with van der Waals surface area (Å²) >= 11 is 6.88. The molecule has 0 saturated carbocycles. The highest BCUT2D eigenvalue weighted by Gasteiger charge is 2.12. The third kappa shape index (κ3) is 3.40. The number of nitrogens with zero attached hydrogens (tertiary/aromatic N) is 2. The topological polar surface area (TPSA) is 56.3 Å². The van der Waals surface area contributed by atoms with E-state index >= 15 is 0 Å². The van der Waals surface area contributed by atoms with E-state index < -0.39 is 0 Å². The third-order valence-corrected chi connectivity index (χ3v) is 3.78. The van der Waals surface area contributed by atoms with Gasteiger partial charge in [0.05, 0.1) is 11.6 Å². The predicted octanol–water partition coefficient (Wildman–Crippen LogP) is 4.23. The van der Waals surface area contributed by atoms with Crippen LogP contribution in [0.3, 0.4) is 0 Å². The summed E-state index contributed by atoms with van der Waals surface area (Å²) < 4.78 is 12.4. The van der Waals surface area contributed by atoms with E-state index in [1.807, 2.05) is 25.1 Å². The zero-order valence-electron chi connectivity index (χ0n) is 11.0. The quantitative estimate of drug-likeness (QED) is 0.810. The fraction of sp³-hybridized carbons (Fsp3) is 0.231. The Morgan fingerprint density at radius 3 is 2.70 bits per heavy atom. The summed E-state index contributed by atoms with van der Waals surface area (Å²) in [7, 11) is 1.62. The van der Waals surface area contributed by atoms with Gasteiger partial charge in [-0.15, -0.1) is 0 Å². The van der Waals surface area contributed by atoms with Crippen LogP contribution in [0, 0.1) is 0 Å². The molecule has 7 heteroatoms. The smallest absolute Gasteiger partial charge is 0.238 e. The monoisotopic (exact) mass is 401 g/mol. The van der Waals surface area contributed by atoms with E-state index in [0.29, 0.717) is 21.9 Å².